The normalized spacial score (nSPS) is 15.2. The second kappa shape index (κ2) is 9.84. The maximum absolute atomic E-state index is 12.9. The zero-order valence-electron chi connectivity index (χ0n) is 17.7. The topological polar surface area (TPSA) is 93.1 Å². The van der Waals surface area contributed by atoms with Gasteiger partial charge in [-0.05, 0) is 60.7 Å². The molecule has 0 unspecified atom stereocenters. The Morgan fingerprint density at radius 1 is 1.20 bits per heavy atom. The van der Waals surface area contributed by atoms with Crippen LogP contribution in [0.2, 0.25) is 9.36 Å². The summed E-state index contributed by atoms with van der Waals surface area (Å²) in [4.78, 5) is 12.2. The Hall–Kier alpha value is -2.54. The van der Waals surface area contributed by atoms with E-state index in [2.05, 4.69) is 10.4 Å². The lowest BCUT2D eigenvalue weighted by molar-refractivity contribution is -0.137. The number of aromatic nitrogens is 2. The Morgan fingerprint density at radius 2 is 1.91 bits per heavy atom. The van der Waals surface area contributed by atoms with Crippen molar-refractivity contribution in [3.63, 3.8) is 0 Å². The van der Waals surface area contributed by atoms with Crippen LogP contribution in [0.15, 0.2) is 46.8 Å². The van der Waals surface area contributed by atoms with Crippen molar-refractivity contribution >= 4 is 56.2 Å². The minimum Gasteiger partial charge on any atom is -0.334 e. The number of aryl methyl sites for hydroxylation is 1. The number of sulfonamides is 1. The van der Waals surface area contributed by atoms with E-state index in [1.54, 1.807) is 17.0 Å². The van der Waals surface area contributed by atoms with Crippen LogP contribution in [0, 0.1) is 0 Å². The van der Waals surface area contributed by atoms with E-state index in [4.69, 9.17) is 23.2 Å². The van der Waals surface area contributed by atoms with Crippen molar-refractivity contribution in [2.24, 2.45) is 0 Å². The van der Waals surface area contributed by atoms with Crippen LogP contribution in [-0.2, 0) is 22.6 Å². The number of rotatable bonds is 5. The van der Waals surface area contributed by atoms with Gasteiger partial charge in [0.05, 0.1) is 28.2 Å². The number of thiophene rings is 1. The third-order valence-corrected chi connectivity index (χ3v) is 8.88. The molecule has 0 spiro atoms. The highest BCUT2D eigenvalue weighted by molar-refractivity contribution is 7.92. The number of carbonyl (C=O) groups is 1. The lowest BCUT2D eigenvalue weighted by Crippen LogP contribution is -2.39. The fraction of sp³-hybridized carbons (Fsp3) is 0.238. The molecule has 0 saturated carbocycles. The number of carbonyl (C=O) groups excluding carboxylic acids is 1. The lowest BCUT2D eigenvalue weighted by Gasteiger charge is -2.18. The highest BCUT2D eigenvalue weighted by Gasteiger charge is 2.30. The SMILES string of the molecule is O=C(NCC=C1CCCc2cnn(-c3ccc(C(F)(F)F)cc3)c21)NS(=O)(=O)c1cc(Cl)c(Cl)s1. The third kappa shape index (κ3) is 5.66. The first kappa shape index (κ1) is 25.5. The summed E-state index contributed by atoms with van der Waals surface area (Å²) in [6, 6.07) is 4.91. The molecule has 2 heterocycles. The van der Waals surface area contributed by atoms with Gasteiger partial charge < -0.3 is 5.32 Å². The van der Waals surface area contributed by atoms with Gasteiger partial charge in [0.25, 0.3) is 10.0 Å². The van der Waals surface area contributed by atoms with Crippen molar-refractivity contribution < 1.29 is 26.4 Å². The zero-order valence-corrected chi connectivity index (χ0v) is 20.8. The van der Waals surface area contributed by atoms with Gasteiger partial charge in [-0.1, -0.05) is 29.3 Å². The molecular formula is C21H17Cl2F3N4O3S2. The van der Waals surface area contributed by atoms with Gasteiger partial charge in [-0.3, -0.25) is 0 Å². The lowest BCUT2D eigenvalue weighted by atomic mass is 9.92. The first-order chi connectivity index (χ1) is 16.5. The van der Waals surface area contributed by atoms with Crippen molar-refractivity contribution in [1.82, 2.24) is 19.8 Å². The second-order valence-electron chi connectivity index (χ2n) is 7.56. The Balaban J connectivity index is 1.48. The van der Waals surface area contributed by atoms with Gasteiger partial charge in [-0.25, -0.2) is 22.6 Å². The number of nitrogens with zero attached hydrogens (tertiary/aromatic N) is 2. The predicted molar refractivity (Wildman–Crippen MR) is 128 cm³/mol. The zero-order chi connectivity index (χ0) is 25.4. The molecule has 2 amide bonds. The number of benzene rings is 1. The van der Waals surface area contributed by atoms with E-state index in [9.17, 15) is 26.4 Å². The Morgan fingerprint density at radius 3 is 2.54 bits per heavy atom. The molecule has 0 atom stereocenters. The highest BCUT2D eigenvalue weighted by atomic mass is 35.5. The first-order valence-electron chi connectivity index (χ1n) is 10.1. The fourth-order valence-corrected chi connectivity index (χ4v) is 6.42. The van der Waals surface area contributed by atoms with Gasteiger partial charge in [0.1, 0.15) is 8.55 Å². The summed E-state index contributed by atoms with van der Waals surface area (Å²) in [6.07, 6.45) is 1.21. The second-order valence-corrected chi connectivity index (χ2v) is 11.5. The van der Waals surface area contributed by atoms with Crippen LogP contribution in [0.4, 0.5) is 18.0 Å². The first-order valence-corrected chi connectivity index (χ1v) is 13.2. The molecule has 35 heavy (non-hydrogen) atoms. The van der Waals surface area contributed by atoms with Gasteiger partial charge in [-0.15, -0.1) is 11.3 Å². The van der Waals surface area contributed by atoms with Crippen molar-refractivity contribution in [3.05, 3.63) is 68.8 Å². The van der Waals surface area contributed by atoms with E-state index < -0.39 is 27.8 Å². The largest absolute Gasteiger partial charge is 0.416 e. The molecular weight excluding hydrogens is 548 g/mol. The van der Waals surface area contributed by atoms with Crippen LogP contribution >= 0.6 is 34.5 Å². The van der Waals surface area contributed by atoms with Crippen molar-refractivity contribution in [1.29, 1.82) is 0 Å². The van der Waals surface area contributed by atoms with Crippen LogP contribution in [0.1, 0.15) is 29.7 Å². The van der Waals surface area contributed by atoms with Crippen LogP contribution in [0.5, 0.6) is 0 Å². The number of hydrogen-bond donors (Lipinski definition) is 2. The fourth-order valence-electron chi connectivity index (χ4n) is 3.62. The quantitative estimate of drug-likeness (QED) is 0.417. The van der Waals surface area contributed by atoms with Gasteiger partial charge in [0.2, 0.25) is 0 Å². The van der Waals surface area contributed by atoms with Crippen LogP contribution in [0.25, 0.3) is 11.3 Å². The molecule has 4 rings (SSSR count). The minimum atomic E-state index is -4.44. The van der Waals surface area contributed by atoms with Crippen molar-refractivity contribution in [2.45, 2.75) is 29.6 Å². The average molecular weight is 565 g/mol. The molecule has 0 aliphatic heterocycles. The number of urea groups is 1. The molecule has 1 aromatic carbocycles. The molecule has 0 fully saturated rings. The molecule has 7 nitrogen and oxygen atoms in total. The molecule has 2 N–H and O–H groups in total. The van der Waals surface area contributed by atoms with Crippen LogP contribution < -0.4 is 10.0 Å². The monoisotopic (exact) mass is 564 g/mol. The third-order valence-electron chi connectivity index (χ3n) is 5.21. The van der Waals surface area contributed by atoms with Crippen LogP contribution in [0.3, 0.4) is 0 Å². The van der Waals surface area contributed by atoms with E-state index in [-0.39, 0.29) is 20.1 Å². The Kier molecular flexibility index (Phi) is 7.18. The average Bonchev–Trinajstić information content (AvgIpc) is 3.37. The smallest absolute Gasteiger partial charge is 0.334 e. The molecule has 1 aliphatic rings. The molecule has 0 saturated heterocycles. The molecule has 0 radical (unpaired) electrons. The Labute approximate surface area is 212 Å². The van der Waals surface area contributed by atoms with E-state index in [0.717, 1.165) is 59.2 Å². The predicted octanol–water partition coefficient (Wildman–Crippen LogP) is 5.67. The summed E-state index contributed by atoms with van der Waals surface area (Å²) >= 11 is 12.3. The minimum absolute atomic E-state index is 0.0142. The molecule has 186 valence electrons. The van der Waals surface area contributed by atoms with Gasteiger partial charge in [-0.2, -0.15) is 18.3 Å². The summed E-state index contributed by atoms with van der Waals surface area (Å²) in [5.41, 5.74) is 2.23. The molecule has 14 heteroatoms. The highest BCUT2D eigenvalue weighted by Crippen LogP contribution is 2.35. The number of nitrogens with one attached hydrogen (secondary N) is 2. The maximum atomic E-state index is 12.9. The number of halogens is 5. The van der Waals surface area contributed by atoms with E-state index in [0.29, 0.717) is 12.1 Å². The van der Waals surface area contributed by atoms with E-state index >= 15 is 0 Å². The number of allylic oxidation sites excluding steroid dienone is 1. The Bertz CT molecular complexity index is 1380. The van der Waals surface area contributed by atoms with Gasteiger partial charge >= 0.3 is 12.2 Å². The number of amides is 2. The molecule has 3 aromatic rings. The van der Waals surface area contributed by atoms with Gasteiger partial charge in [0.15, 0.2) is 0 Å². The summed E-state index contributed by atoms with van der Waals surface area (Å²) in [6.45, 7) is 0.0142. The number of alkyl halides is 3. The maximum Gasteiger partial charge on any atom is 0.416 e. The molecule has 2 aromatic heterocycles. The van der Waals surface area contributed by atoms with Crippen LogP contribution in [-0.4, -0.2) is 30.8 Å². The van der Waals surface area contributed by atoms with E-state index in [1.807, 2.05) is 4.72 Å². The van der Waals surface area contributed by atoms with Gasteiger partial charge in [0, 0.05) is 6.54 Å². The molecule has 1 aliphatic carbocycles. The summed E-state index contributed by atoms with van der Waals surface area (Å²) in [5, 5.41) is 6.87. The van der Waals surface area contributed by atoms with Crippen molar-refractivity contribution in [3.8, 4) is 5.69 Å². The molecule has 0 bridgehead atoms. The summed E-state index contributed by atoms with van der Waals surface area (Å²) < 4.78 is 66.7. The standard InChI is InChI=1S/C21H17Cl2F3N4O3S2/c22-16-10-17(34-19(16)23)35(32,33)29-20(31)27-9-8-12-2-1-3-13-11-28-30(18(12)13)15-6-4-14(5-7-15)21(24,25)26/h4-8,10-11H,1-3,9H2,(H2,27,29,31). The number of fused-ring (bicyclic) bond motifs is 1. The summed E-state index contributed by atoms with van der Waals surface area (Å²) in [5.74, 6) is 0. The number of hydrogen-bond acceptors (Lipinski definition) is 5. The van der Waals surface area contributed by atoms with Crippen molar-refractivity contribution in [2.75, 3.05) is 6.54 Å². The summed E-state index contributed by atoms with van der Waals surface area (Å²) in [7, 11) is -4.14. The van der Waals surface area contributed by atoms with E-state index in [1.165, 1.54) is 12.1 Å².